The highest BCUT2D eigenvalue weighted by Crippen LogP contribution is 2.10. The highest BCUT2D eigenvalue weighted by molar-refractivity contribution is 5.67. The number of aliphatic carboxylic acids is 1. The molecule has 0 atom stereocenters. The number of hydrogen-bond donors (Lipinski definition) is 3. The number of nitrogens with one attached hydrogen (secondary N) is 2. The number of carboxylic acids is 1. The molecule has 8 heteroatoms. The van der Waals surface area contributed by atoms with Crippen LogP contribution in [0.4, 0.5) is 0 Å². The molecule has 0 saturated heterocycles. The predicted molar refractivity (Wildman–Crippen MR) is 60.9 cm³/mol. The summed E-state index contributed by atoms with van der Waals surface area (Å²) in [6, 6.07) is 0. The average molecular weight is 249 g/mol. The highest BCUT2D eigenvalue weighted by Gasteiger charge is 2.12. The number of rotatable bonds is 4. The van der Waals surface area contributed by atoms with Crippen molar-refractivity contribution in [1.29, 1.82) is 0 Å². The molecule has 18 heavy (non-hydrogen) atoms. The Kier molecular flexibility index (Phi) is 3.18. The average Bonchev–Trinajstić information content (AvgIpc) is 2.80. The summed E-state index contributed by atoms with van der Waals surface area (Å²) in [5.41, 5.74) is 0.962. The maximum absolute atomic E-state index is 11.8. The van der Waals surface area contributed by atoms with Gasteiger partial charge in [-0.05, 0) is 13.3 Å². The largest absolute Gasteiger partial charge is 0.481 e. The van der Waals surface area contributed by atoms with Crippen molar-refractivity contribution in [3.63, 3.8) is 0 Å². The van der Waals surface area contributed by atoms with Gasteiger partial charge in [0.1, 0.15) is 5.69 Å². The Labute approximate surface area is 101 Å². The zero-order valence-electron chi connectivity index (χ0n) is 9.60. The van der Waals surface area contributed by atoms with Gasteiger partial charge in [-0.3, -0.25) is 9.59 Å². The molecule has 0 spiro atoms. The van der Waals surface area contributed by atoms with E-state index >= 15 is 0 Å². The van der Waals surface area contributed by atoms with E-state index in [2.05, 4.69) is 25.4 Å². The zero-order chi connectivity index (χ0) is 13.1. The molecule has 0 bridgehead atoms. The Morgan fingerprint density at radius 3 is 2.83 bits per heavy atom. The molecule has 0 aliphatic rings. The molecule has 8 nitrogen and oxygen atoms in total. The molecular weight excluding hydrogens is 238 g/mol. The lowest BCUT2D eigenvalue weighted by atomic mass is 10.1. The van der Waals surface area contributed by atoms with Gasteiger partial charge < -0.3 is 10.1 Å². The molecule has 0 radical (unpaired) electrons. The van der Waals surface area contributed by atoms with Crippen LogP contribution in [0.2, 0.25) is 0 Å². The lowest BCUT2D eigenvalue weighted by Crippen LogP contribution is -2.18. The molecule has 2 heterocycles. The predicted octanol–water partition coefficient (Wildman–Crippen LogP) is -0.119. The minimum Gasteiger partial charge on any atom is -0.481 e. The molecule has 0 unspecified atom stereocenters. The van der Waals surface area contributed by atoms with Gasteiger partial charge in [-0.25, -0.2) is 4.98 Å². The lowest BCUT2D eigenvalue weighted by Gasteiger charge is -2.04. The zero-order valence-corrected chi connectivity index (χ0v) is 9.60. The first-order chi connectivity index (χ1) is 8.58. The van der Waals surface area contributed by atoms with Crippen LogP contribution in [0.25, 0.3) is 11.5 Å². The van der Waals surface area contributed by atoms with Crippen LogP contribution in [0.3, 0.4) is 0 Å². The summed E-state index contributed by atoms with van der Waals surface area (Å²) in [4.78, 5) is 29.1. The van der Waals surface area contributed by atoms with Gasteiger partial charge in [0.15, 0.2) is 5.82 Å². The molecule has 2 aromatic rings. The van der Waals surface area contributed by atoms with E-state index in [4.69, 9.17) is 5.11 Å². The summed E-state index contributed by atoms with van der Waals surface area (Å²) >= 11 is 0. The van der Waals surface area contributed by atoms with Crippen LogP contribution in [-0.2, 0) is 11.2 Å². The van der Waals surface area contributed by atoms with Crippen LogP contribution in [0, 0.1) is 6.92 Å². The molecule has 2 rings (SSSR count). The van der Waals surface area contributed by atoms with Crippen molar-refractivity contribution in [1.82, 2.24) is 25.4 Å². The van der Waals surface area contributed by atoms with Gasteiger partial charge in [-0.1, -0.05) is 0 Å². The number of nitrogens with zero attached hydrogens (tertiary/aromatic N) is 3. The number of carboxylic acid groups (broad SMARTS) is 1. The van der Waals surface area contributed by atoms with Gasteiger partial charge in [0, 0.05) is 17.7 Å². The second kappa shape index (κ2) is 4.78. The Morgan fingerprint density at radius 2 is 2.28 bits per heavy atom. The summed E-state index contributed by atoms with van der Waals surface area (Å²) in [6.07, 6.45) is 1.49. The van der Waals surface area contributed by atoms with E-state index in [1.165, 1.54) is 6.20 Å². The third-order valence-corrected chi connectivity index (χ3v) is 2.47. The molecule has 0 amide bonds. The van der Waals surface area contributed by atoms with Gasteiger partial charge in [-0.2, -0.15) is 15.4 Å². The Hall–Kier alpha value is -2.51. The summed E-state index contributed by atoms with van der Waals surface area (Å²) in [6.45, 7) is 1.66. The SMILES string of the molecule is Cc1nc(-c2cn[nH]n2)[nH]c(=O)c1CCC(=O)O. The number of carbonyl (C=O) groups is 1. The third-order valence-electron chi connectivity index (χ3n) is 2.47. The van der Waals surface area contributed by atoms with Gasteiger partial charge >= 0.3 is 5.97 Å². The smallest absolute Gasteiger partial charge is 0.303 e. The number of H-pyrrole nitrogens is 2. The summed E-state index contributed by atoms with van der Waals surface area (Å²) in [5, 5.41) is 18.5. The first-order valence-corrected chi connectivity index (χ1v) is 5.25. The number of aryl methyl sites for hydroxylation is 1. The van der Waals surface area contributed by atoms with Crippen molar-refractivity contribution in [2.45, 2.75) is 19.8 Å². The van der Waals surface area contributed by atoms with Crippen molar-refractivity contribution in [2.24, 2.45) is 0 Å². The van der Waals surface area contributed by atoms with E-state index in [0.717, 1.165) is 0 Å². The number of aromatic nitrogens is 5. The van der Waals surface area contributed by atoms with Crippen molar-refractivity contribution in [3.8, 4) is 11.5 Å². The molecule has 0 aliphatic carbocycles. The lowest BCUT2D eigenvalue weighted by molar-refractivity contribution is -0.136. The van der Waals surface area contributed by atoms with Crippen LogP contribution in [-0.4, -0.2) is 36.5 Å². The quantitative estimate of drug-likeness (QED) is 0.693. The van der Waals surface area contributed by atoms with Crippen molar-refractivity contribution in [2.75, 3.05) is 0 Å². The van der Waals surface area contributed by atoms with Gasteiger partial charge in [0.05, 0.1) is 6.20 Å². The maximum atomic E-state index is 11.8. The van der Waals surface area contributed by atoms with Crippen molar-refractivity contribution >= 4 is 5.97 Å². The summed E-state index contributed by atoms with van der Waals surface area (Å²) < 4.78 is 0. The second-order valence-corrected chi connectivity index (χ2v) is 3.73. The maximum Gasteiger partial charge on any atom is 0.303 e. The first kappa shape index (κ1) is 12.0. The Bertz CT molecular complexity index is 617. The van der Waals surface area contributed by atoms with E-state index in [1.807, 2.05) is 0 Å². The van der Waals surface area contributed by atoms with Crippen LogP contribution in [0.1, 0.15) is 17.7 Å². The molecule has 94 valence electrons. The molecular formula is C10H11N5O3. The van der Waals surface area contributed by atoms with Crippen molar-refractivity contribution < 1.29 is 9.90 Å². The monoisotopic (exact) mass is 249 g/mol. The fourth-order valence-corrected chi connectivity index (χ4v) is 1.57. The van der Waals surface area contributed by atoms with E-state index in [9.17, 15) is 9.59 Å². The normalized spacial score (nSPS) is 10.5. The van der Waals surface area contributed by atoms with E-state index in [-0.39, 0.29) is 18.4 Å². The van der Waals surface area contributed by atoms with Gasteiger partial charge in [-0.15, -0.1) is 0 Å². The fourth-order valence-electron chi connectivity index (χ4n) is 1.57. The molecule has 0 saturated carbocycles. The summed E-state index contributed by atoms with van der Waals surface area (Å²) in [7, 11) is 0. The molecule has 0 aromatic carbocycles. The standard InChI is InChI=1S/C10H11N5O3/c1-5-6(2-3-8(16)17)10(18)13-9(12-5)7-4-11-15-14-7/h4H,2-3H2,1H3,(H,16,17)(H,11,14,15)(H,12,13,18). The fraction of sp³-hybridized carbons (Fsp3) is 0.300. The minimum absolute atomic E-state index is 0.102. The van der Waals surface area contributed by atoms with Crippen LogP contribution in [0.15, 0.2) is 11.0 Å². The number of hydrogen-bond acceptors (Lipinski definition) is 5. The Morgan fingerprint density at radius 1 is 1.50 bits per heavy atom. The third kappa shape index (κ3) is 2.42. The molecule has 0 fully saturated rings. The topological polar surface area (TPSA) is 125 Å². The van der Waals surface area contributed by atoms with E-state index < -0.39 is 5.97 Å². The van der Waals surface area contributed by atoms with E-state index in [1.54, 1.807) is 6.92 Å². The second-order valence-electron chi connectivity index (χ2n) is 3.73. The van der Waals surface area contributed by atoms with E-state index in [0.29, 0.717) is 22.8 Å². The molecule has 2 aromatic heterocycles. The molecule has 0 aliphatic heterocycles. The summed E-state index contributed by atoms with van der Waals surface area (Å²) in [5.74, 6) is -0.639. The van der Waals surface area contributed by atoms with Gasteiger partial charge in [0.25, 0.3) is 5.56 Å². The van der Waals surface area contributed by atoms with Crippen molar-refractivity contribution in [3.05, 3.63) is 27.8 Å². The highest BCUT2D eigenvalue weighted by atomic mass is 16.4. The van der Waals surface area contributed by atoms with Crippen LogP contribution in [0.5, 0.6) is 0 Å². The molecule has 3 N–H and O–H groups in total. The van der Waals surface area contributed by atoms with Crippen LogP contribution >= 0.6 is 0 Å². The first-order valence-electron chi connectivity index (χ1n) is 5.25. The van der Waals surface area contributed by atoms with Gasteiger partial charge in [0.2, 0.25) is 0 Å². The Balaban J connectivity index is 2.35. The minimum atomic E-state index is -0.950. The number of aromatic amines is 2. The van der Waals surface area contributed by atoms with Crippen LogP contribution < -0.4 is 5.56 Å².